The second kappa shape index (κ2) is 9.02. The molecule has 4 rings (SSSR count). The molecule has 33 heavy (non-hydrogen) atoms. The van der Waals surface area contributed by atoms with Crippen LogP contribution in [-0.2, 0) is 10.0 Å². The van der Waals surface area contributed by atoms with Gasteiger partial charge in [0, 0.05) is 32.4 Å². The lowest BCUT2D eigenvalue weighted by atomic mass is 10.1. The van der Waals surface area contributed by atoms with E-state index in [1.165, 1.54) is 12.1 Å². The minimum Gasteiger partial charge on any atom is -0.478 e. The number of nitrogens with one attached hydrogen (secondary N) is 1. The van der Waals surface area contributed by atoms with Crippen LogP contribution in [0.3, 0.4) is 0 Å². The number of anilines is 3. The van der Waals surface area contributed by atoms with E-state index in [2.05, 4.69) is 14.6 Å². The molecule has 1 saturated heterocycles. The Bertz CT molecular complexity index is 1280. The van der Waals surface area contributed by atoms with Gasteiger partial charge in [-0.2, -0.15) is 0 Å². The van der Waals surface area contributed by atoms with Crippen LogP contribution in [-0.4, -0.2) is 50.7 Å². The minimum absolute atomic E-state index is 0.0372. The predicted molar refractivity (Wildman–Crippen MR) is 119 cm³/mol. The number of nitrogens with zero attached hydrogens (tertiary/aromatic N) is 3. The molecule has 0 amide bonds. The molecule has 0 unspecified atom stereocenters. The SMILES string of the molecule is O=C(O)c1ccc(N2CCN(c3ccccn3)CC2)c(NS(=O)(=O)c2cc(F)ccc2F)c1. The summed E-state index contributed by atoms with van der Waals surface area (Å²) in [6, 6.07) is 11.7. The maximum Gasteiger partial charge on any atom is 0.335 e. The van der Waals surface area contributed by atoms with Crippen molar-refractivity contribution in [3.8, 4) is 0 Å². The number of aromatic nitrogens is 1. The second-order valence-corrected chi connectivity index (χ2v) is 9.03. The largest absolute Gasteiger partial charge is 0.478 e. The van der Waals surface area contributed by atoms with Crippen LogP contribution >= 0.6 is 0 Å². The summed E-state index contributed by atoms with van der Waals surface area (Å²) in [6.07, 6.45) is 1.70. The highest BCUT2D eigenvalue weighted by Crippen LogP contribution is 2.31. The zero-order valence-corrected chi connectivity index (χ0v) is 18.1. The first-order valence-electron chi connectivity index (χ1n) is 10.0. The molecule has 0 radical (unpaired) electrons. The highest BCUT2D eigenvalue weighted by atomic mass is 32.2. The van der Waals surface area contributed by atoms with Crippen molar-refractivity contribution >= 4 is 33.2 Å². The maximum absolute atomic E-state index is 14.1. The number of halogens is 2. The minimum atomic E-state index is -4.53. The second-order valence-electron chi connectivity index (χ2n) is 7.38. The van der Waals surface area contributed by atoms with Crippen LogP contribution in [0.1, 0.15) is 10.4 Å². The van der Waals surface area contributed by atoms with Crippen LogP contribution in [0.25, 0.3) is 0 Å². The Morgan fingerprint density at radius 2 is 1.70 bits per heavy atom. The highest BCUT2D eigenvalue weighted by Gasteiger charge is 2.25. The fourth-order valence-electron chi connectivity index (χ4n) is 3.63. The van der Waals surface area contributed by atoms with Crippen molar-refractivity contribution in [3.63, 3.8) is 0 Å². The highest BCUT2D eigenvalue weighted by molar-refractivity contribution is 7.92. The van der Waals surface area contributed by atoms with Gasteiger partial charge in [0.25, 0.3) is 10.0 Å². The van der Waals surface area contributed by atoms with Crippen molar-refractivity contribution in [2.45, 2.75) is 4.90 Å². The van der Waals surface area contributed by atoms with Gasteiger partial charge >= 0.3 is 5.97 Å². The van der Waals surface area contributed by atoms with Gasteiger partial charge in [-0.1, -0.05) is 6.07 Å². The summed E-state index contributed by atoms with van der Waals surface area (Å²) >= 11 is 0. The molecule has 1 aromatic heterocycles. The topological polar surface area (TPSA) is 103 Å². The molecule has 0 aliphatic carbocycles. The first kappa shape index (κ1) is 22.5. The third-order valence-corrected chi connectivity index (χ3v) is 6.64. The first-order chi connectivity index (χ1) is 15.7. The van der Waals surface area contributed by atoms with Gasteiger partial charge in [-0.05, 0) is 48.5 Å². The molecular formula is C22H20F2N4O4S. The summed E-state index contributed by atoms with van der Waals surface area (Å²) in [4.78, 5) is 18.9. The van der Waals surface area contributed by atoms with Gasteiger partial charge in [-0.25, -0.2) is 27.0 Å². The van der Waals surface area contributed by atoms with Gasteiger partial charge in [0.2, 0.25) is 0 Å². The number of carboxylic acids is 1. The molecule has 0 saturated carbocycles. The number of aromatic carboxylic acids is 1. The lowest BCUT2D eigenvalue weighted by Crippen LogP contribution is -2.47. The van der Waals surface area contributed by atoms with Crippen molar-refractivity contribution in [1.29, 1.82) is 0 Å². The lowest BCUT2D eigenvalue weighted by molar-refractivity contribution is 0.0697. The number of sulfonamides is 1. The molecule has 0 spiro atoms. The third kappa shape index (κ3) is 4.87. The monoisotopic (exact) mass is 474 g/mol. The van der Waals surface area contributed by atoms with Crippen molar-refractivity contribution in [1.82, 2.24) is 4.98 Å². The molecule has 172 valence electrons. The number of pyridine rings is 1. The van der Waals surface area contributed by atoms with E-state index in [1.807, 2.05) is 23.1 Å². The van der Waals surface area contributed by atoms with Gasteiger partial charge in [0.1, 0.15) is 22.3 Å². The van der Waals surface area contributed by atoms with Crippen LogP contribution < -0.4 is 14.5 Å². The molecule has 1 aliphatic heterocycles. The Balaban J connectivity index is 1.63. The summed E-state index contributed by atoms with van der Waals surface area (Å²) < 4.78 is 55.6. The maximum atomic E-state index is 14.1. The first-order valence-corrected chi connectivity index (χ1v) is 11.5. The smallest absolute Gasteiger partial charge is 0.335 e. The molecule has 1 fully saturated rings. The average Bonchev–Trinajstić information content (AvgIpc) is 2.81. The molecule has 1 aliphatic rings. The Labute approximate surface area is 189 Å². The van der Waals surface area contributed by atoms with E-state index in [0.717, 1.165) is 24.0 Å². The van der Waals surface area contributed by atoms with Crippen molar-refractivity contribution in [3.05, 3.63) is 78.0 Å². The van der Waals surface area contributed by atoms with Crippen LogP contribution in [0.4, 0.5) is 26.0 Å². The molecule has 2 heterocycles. The van der Waals surface area contributed by atoms with Crippen LogP contribution in [0.2, 0.25) is 0 Å². The molecule has 0 bridgehead atoms. The zero-order valence-electron chi connectivity index (χ0n) is 17.3. The number of piperazine rings is 1. The fraction of sp³-hybridized carbons (Fsp3) is 0.182. The molecule has 8 nitrogen and oxygen atoms in total. The van der Waals surface area contributed by atoms with E-state index in [0.29, 0.717) is 37.9 Å². The van der Waals surface area contributed by atoms with Crippen LogP contribution in [0, 0.1) is 11.6 Å². The Kier molecular flexibility index (Phi) is 6.14. The third-order valence-electron chi connectivity index (χ3n) is 5.26. The van der Waals surface area contributed by atoms with Crippen molar-refractivity contribution in [2.24, 2.45) is 0 Å². The van der Waals surface area contributed by atoms with E-state index in [1.54, 1.807) is 6.20 Å². The number of rotatable bonds is 6. The summed E-state index contributed by atoms with van der Waals surface area (Å²) in [7, 11) is -4.53. The van der Waals surface area contributed by atoms with Crippen molar-refractivity contribution in [2.75, 3.05) is 40.7 Å². The molecule has 11 heteroatoms. The summed E-state index contributed by atoms with van der Waals surface area (Å²) in [6.45, 7) is 2.21. The summed E-state index contributed by atoms with van der Waals surface area (Å²) in [5, 5.41) is 9.35. The standard InChI is InChI=1S/C22H20F2N4O4S/c23-16-5-6-17(24)20(14-16)33(31,32)26-18-13-15(22(29)30)4-7-19(18)27-9-11-28(12-10-27)21-3-1-2-8-25-21/h1-8,13-14,26H,9-12H2,(H,29,30). The van der Waals surface area contributed by atoms with Gasteiger partial charge in [0.05, 0.1) is 16.9 Å². The van der Waals surface area contributed by atoms with E-state index >= 15 is 0 Å². The Morgan fingerprint density at radius 1 is 0.970 bits per heavy atom. The Morgan fingerprint density at radius 3 is 2.36 bits per heavy atom. The van der Waals surface area contributed by atoms with E-state index in [-0.39, 0.29) is 11.3 Å². The molecule has 2 aromatic carbocycles. The average molecular weight is 474 g/mol. The predicted octanol–water partition coefficient (Wildman–Crippen LogP) is 3.19. The number of benzene rings is 2. The summed E-state index contributed by atoms with van der Waals surface area (Å²) in [5.74, 6) is -2.47. The number of hydrogen-bond donors (Lipinski definition) is 2. The number of carbonyl (C=O) groups is 1. The van der Waals surface area contributed by atoms with Gasteiger partial charge in [-0.15, -0.1) is 0 Å². The normalized spacial score (nSPS) is 14.2. The molecule has 2 N–H and O–H groups in total. The molecule has 3 aromatic rings. The van der Waals surface area contributed by atoms with E-state index < -0.39 is 32.5 Å². The quantitative estimate of drug-likeness (QED) is 0.566. The molecule has 0 atom stereocenters. The van der Waals surface area contributed by atoms with E-state index in [9.17, 15) is 27.1 Å². The van der Waals surface area contributed by atoms with E-state index in [4.69, 9.17) is 0 Å². The number of hydrogen-bond acceptors (Lipinski definition) is 6. The summed E-state index contributed by atoms with van der Waals surface area (Å²) in [5.41, 5.74) is 0.245. The zero-order chi connectivity index (χ0) is 23.6. The Hall–Kier alpha value is -3.73. The van der Waals surface area contributed by atoms with Gasteiger partial charge in [-0.3, -0.25) is 4.72 Å². The fourth-order valence-corrected chi connectivity index (χ4v) is 4.78. The molecular weight excluding hydrogens is 454 g/mol. The van der Waals surface area contributed by atoms with Crippen LogP contribution in [0.15, 0.2) is 65.7 Å². The number of carboxylic acid groups (broad SMARTS) is 1. The van der Waals surface area contributed by atoms with Crippen molar-refractivity contribution < 1.29 is 27.1 Å². The van der Waals surface area contributed by atoms with Gasteiger partial charge < -0.3 is 14.9 Å². The van der Waals surface area contributed by atoms with Crippen LogP contribution in [0.5, 0.6) is 0 Å². The lowest BCUT2D eigenvalue weighted by Gasteiger charge is -2.37. The van der Waals surface area contributed by atoms with Gasteiger partial charge in [0.15, 0.2) is 0 Å².